The summed E-state index contributed by atoms with van der Waals surface area (Å²) in [7, 11) is -3.73. The Balaban J connectivity index is 1.61. The lowest BCUT2D eigenvalue weighted by atomic mass is 10.1. The van der Waals surface area contributed by atoms with E-state index in [1.807, 2.05) is 0 Å². The van der Waals surface area contributed by atoms with Gasteiger partial charge in [-0.2, -0.15) is 0 Å². The smallest absolute Gasteiger partial charge is 0.289 e. The Labute approximate surface area is 153 Å². The van der Waals surface area contributed by atoms with Gasteiger partial charge in [0.05, 0.1) is 10.6 Å². The number of nitrogens with zero attached hydrogens (tertiary/aromatic N) is 1. The van der Waals surface area contributed by atoms with Gasteiger partial charge in [-0.25, -0.2) is 13.1 Å². The van der Waals surface area contributed by atoms with Crippen molar-refractivity contribution in [3.05, 3.63) is 38.9 Å². The molecule has 24 heavy (non-hydrogen) atoms. The van der Waals surface area contributed by atoms with Crippen LogP contribution in [0.25, 0.3) is 0 Å². The van der Waals surface area contributed by atoms with E-state index in [0.717, 1.165) is 11.3 Å². The van der Waals surface area contributed by atoms with Crippen molar-refractivity contribution in [2.75, 3.05) is 13.1 Å². The van der Waals surface area contributed by atoms with Gasteiger partial charge in [0.2, 0.25) is 10.0 Å². The Kier molecular flexibility index (Phi) is 5.22. The standard InChI is InChI=1S/C14H14Cl2N2O4S2/c15-12-8-11(13(16)23-12)24(20,21)17-9-3-5-18(6-4-9)14(19)10-2-1-7-22-10/h1-2,7-9,17H,3-6H2. The zero-order valence-corrected chi connectivity index (χ0v) is 15.5. The van der Waals surface area contributed by atoms with Gasteiger partial charge in [-0.3, -0.25) is 4.79 Å². The fourth-order valence-corrected chi connectivity index (χ4v) is 6.00. The van der Waals surface area contributed by atoms with Crippen molar-refractivity contribution >= 4 is 50.5 Å². The second-order valence-electron chi connectivity index (χ2n) is 5.35. The fourth-order valence-electron chi connectivity index (χ4n) is 2.55. The first-order valence-electron chi connectivity index (χ1n) is 7.17. The molecule has 2 aromatic rings. The van der Waals surface area contributed by atoms with Crippen LogP contribution in [0.3, 0.4) is 0 Å². The van der Waals surface area contributed by atoms with Gasteiger partial charge in [-0.15, -0.1) is 11.3 Å². The minimum absolute atomic E-state index is 0.00624. The Bertz CT molecular complexity index is 825. The molecule has 0 bridgehead atoms. The molecule has 0 spiro atoms. The van der Waals surface area contributed by atoms with E-state index in [0.29, 0.717) is 30.3 Å². The van der Waals surface area contributed by atoms with Gasteiger partial charge in [0.15, 0.2) is 5.76 Å². The number of carbonyl (C=O) groups is 1. The molecule has 1 amide bonds. The third kappa shape index (κ3) is 3.78. The molecule has 130 valence electrons. The van der Waals surface area contributed by atoms with Gasteiger partial charge in [0.25, 0.3) is 5.91 Å². The van der Waals surface area contributed by atoms with Crippen LogP contribution in [-0.2, 0) is 10.0 Å². The molecule has 0 radical (unpaired) electrons. The summed E-state index contributed by atoms with van der Waals surface area (Å²) in [5, 5.41) is 0. The van der Waals surface area contributed by atoms with Crippen LogP contribution in [-0.4, -0.2) is 38.4 Å². The Hall–Kier alpha value is -1.06. The zero-order valence-electron chi connectivity index (χ0n) is 12.4. The highest BCUT2D eigenvalue weighted by Crippen LogP contribution is 2.34. The number of hydrogen-bond donors (Lipinski definition) is 1. The summed E-state index contributed by atoms with van der Waals surface area (Å²) in [6.45, 7) is 0.899. The lowest BCUT2D eigenvalue weighted by molar-refractivity contribution is 0.0679. The van der Waals surface area contributed by atoms with Crippen molar-refractivity contribution in [2.24, 2.45) is 0 Å². The van der Waals surface area contributed by atoms with E-state index in [-0.39, 0.29) is 26.9 Å². The third-order valence-electron chi connectivity index (χ3n) is 3.75. The Morgan fingerprint density at radius 1 is 1.33 bits per heavy atom. The van der Waals surface area contributed by atoms with E-state index in [4.69, 9.17) is 27.6 Å². The van der Waals surface area contributed by atoms with Crippen LogP contribution in [0.5, 0.6) is 0 Å². The first-order chi connectivity index (χ1) is 11.4. The third-order valence-corrected chi connectivity index (χ3v) is 7.02. The molecule has 3 heterocycles. The molecule has 1 aliphatic heterocycles. The number of rotatable bonds is 4. The van der Waals surface area contributed by atoms with E-state index < -0.39 is 10.0 Å². The molecule has 0 atom stereocenters. The summed E-state index contributed by atoms with van der Waals surface area (Å²) in [4.78, 5) is 13.8. The minimum Gasteiger partial charge on any atom is -0.459 e. The van der Waals surface area contributed by atoms with Crippen molar-refractivity contribution in [1.29, 1.82) is 0 Å². The number of nitrogens with one attached hydrogen (secondary N) is 1. The molecule has 2 aromatic heterocycles. The number of halogens is 2. The quantitative estimate of drug-likeness (QED) is 0.841. The van der Waals surface area contributed by atoms with E-state index in [9.17, 15) is 13.2 Å². The summed E-state index contributed by atoms with van der Waals surface area (Å²) in [5.41, 5.74) is 0. The molecule has 10 heteroatoms. The minimum atomic E-state index is -3.73. The summed E-state index contributed by atoms with van der Waals surface area (Å²) in [5.74, 6) is 0.0997. The van der Waals surface area contributed by atoms with E-state index in [2.05, 4.69) is 4.72 Å². The number of likely N-dealkylation sites (tertiary alicyclic amines) is 1. The SMILES string of the molecule is O=C(c1ccco1)N1CCC(NS(=O)(=O)c2cc(Cl)sc2Cl)CC1. The monoisotopic (exact) mass is 408 g/mol. The van der Waals surface area contributed by atoms with Gasteiger partial charge in [0.1, 0.15) is 9.23 Å². The highest BCUT2D eigenvalue weighted by atomic mass is 35.5. The number of piperidine rings is 1. The summed E-state index contributed by atoms with van der Waals surface area (Å²) in [6, 6.07) is 4.35. The average Bonchev–Trinajstić information content (AvgIpc) is 3.17. The normalized spacial score (nSPS) is 16.5. The zero-order chi connectivity index (χ0) is 17.3. The lowest BCUT2D eigenvalue weighted by Crippen LogP contribution is -2.46. The highest BCUT2D eigenvalue weighted by molar-refractivity contribution is 7.89. The van der Waals surface area contributed by atoms with Crippen LogP contribution in [0, 0.1) is 0 Å². The van der Waals surface area contributed by atoms with Crippen LogP contribution in [0.2, 0.25) is 8.67 Å². The molecule has 1 N–H and O–H groups in total. The number of sulfonamides is 1. The topological polar surface area (TPSA) is 79.6 Å². The number of amides is 1. The van der Waals surface area contributed by atoms with Crippen molar-refractivity contribution in [3.8, 4) is 0 Å². The van der Waals surface area contributed by atoms with Crippen LogP contribution >= 0.6 is 34.5 Å². The molecule has 0 unspecified atom stereocenters. The maximum absolute atomic E-state index is 12.4. The molecule has 1 saturated heterocycles. The predicted molar refractivity (Wildman–Crippen MR) is 92.3 cm³/mol. The molecule has 6 nitrogen and oxygen atoms in total. The van der Waals surface area contributed by atoms with Crippen molar-refractivity contribution in [1.82, 2.24) is 9.62 Å². The average molecular weight is 409 g/mol. The number of carbonyl (C=O) groups excluding carboxylic acids is 1. The van der Waals surface area contributed by atoms with Crippen molar-refractivity contribution < 1.29 is 17.6 Å². The van der Waals surface area contributed by atoms with E-state index >= 15 is 0 Å². The largest absolute Gasteiger partial charge is 0.459 e. The second kappa shape index (κ2) is 7.05. The molecule has 0 saturated carbocycles. The second-order valence-corrected chi connectivity index (χ2v) is 9.32. The Morgan fingerprint density at radius 2 is 2.04 bits per heavy atom. The molecular formula is C14H14Cl2N2O4S2. The summed E-state index contributed by atoms with van der Waals surface area (Å²) in [6.07, 6.45) is 2.48. The first kappa shape index (κ1) is 17.8. The molecule has 1 aliphatic rings. The van der Waals surface area contributed by atoms with Gasteiger partial charge >= 0.3 is 0 Å². The molecule has 3 rings (SSSR count). The number of thiophene rings is 1. The van der Waals surface area contributed by atoms with E-state index in [1.54, 1.807) is 17.0 Å². The van der Waals surface area contributed by atoms with Gasteiger partial charge < -0.3 is 9.32 Å². The van der Waals surface area contributed by atoms with Crippen LogP contribution in [0.4, 0.5) is 0 Å². The highest BCUT2D eigenvalue weighted by Gasteiger charge is 2.29. The van der Waals surface area contributed by atoms with Crippen molar-refractivity contribution in [3.63, 3.8) is 0 Å². The Morgan fingerprint density at radius 3 is 2.58 bits per heavy atom. The molecule has 1 fully saturated rings. The van der Waals surface area contributed by atoms with E-state index in [1.165, 1.54) is 12.3 Å². The molecule has 0 aliphatic carbocycles. The number of furan rings is 1. The lowest BCUT2D eigenvalue weighted by Gasteiger charge is -2.31. The van der Waals surface area contributed by atoms with Crippen molar-refractivity contribution in [2.45, 2.75) is 23.8 Å². The first-order valence-corrected chi connectivity index (χ1v) is 10.2. The summed E-state index contributed by atoms with van der Waals surface area (Å²) >= 11 is 12.7. The number of hydrogen-bond acceptors (Lipinski definition) is 5. The van der Waals surface area contributed by atoms with Gasteiger partial charge in [-0.1, -0.05) is 23.2 Å². The predicted octanol–water partition coefficient (Wildman–Crippen LogP) is 3.23. The van der Waals surface area contributed by atoms with Crippen LogP contribution in [0.1, 0.15) is 23.4 Å². The maximum Gasteiger partial charge on any atom is 0.289 e. The van der Waals surface area contributed by atoms with Gasteiger partial charge in [0, 0.05) is 19.1 Å². The molecular weight excluding hydrogens is 395 g/mol. The summed E-state index contributed by atoms with van der Waals surface area (Å²) < 4.78 is 33.0. The fraction of sp³-hybridized carbons (Fsp3) is 0.357. The van der Waals surface area contributed by atoms with Gasteiger partial charge in [-0.05, 0) is 31.0 Å². The van der Waals surface area contributed by atoms with Crippen LogP contribution in [0.15, 0.2) is 33.8 Å². The van der Waals surface area contributed by atoms with Crippen LogP contribution < -0.4 is 4.72 Å². The maximum atomic E-state index is 12.4. The molecule has 0 aromatic carbocycles.